The van der Waals surface area contributed by atoms with Crippen molar-refractivity contribution in [1.82, 2.24) is 9.55 Å². The van der Waals surface area contributed by atoms with E-state index in [1.807, 2.05) is 12.1 Å². The molecule has 1 aromatic heterocycles. The summed E-state index contributed by atoms with van der Waals surface area (Å²) in [4.78, 5) is 3.26. The Balaban J connectivity index is 2.23. The molecule has 1 aliphatic rings. The molecule has 1 aliphatic carbocycles. The van der Waals surface area contributed by atoms with Crippen LogP contribution in [-0.4, -0.2) is 16.7 Å². The lowest BCUT2D eigenvalue weighted by Gasteiger charge is -2.07. The first-order valence-electron chi connectivity index (χ1n) is 5.81. The highest BCUT2D eigenvalue weighted by atomic mass is 32.1. The first kappa shape index (κ1) is 10.8. The minimum Gasteiger partial charge on any atom is -0.497 e. The van der Waals surface area contributed by atoms with Crippen LogP contribution in [0.2, 0.25) is 0 Å². The molecule has 0 aliphatic heterocycles. The van der Waals surface area contributed by atoms with Gasteiger partial charge in [0.1, 0.15) is 5.75 Å². The average Bonchev–Trinajstić information content (AvgIpc) is 2.77. The van der Waals surface area contributed by atoms with Crippen molar-refractivity contribution in [2.24, 2.45) is 5.41 Å². The number of aromatic nitrogens is 2. The Bertz CT molecular complexity index is 638. The van der Waals surface area contributed by atoms with E-state index in [0.717, 1.165) is 21.6 Å². The molecule has 4 heteroatoms. The van der Waals surface area contributed by atoms with Crippen LogP contribution in [0, 0.1) is 10.2 Å². The highest BCUT2D eigenvalue weighted by molar-refractivity contribution is 7.71. The number of aromatic amines is 1. The van der Waals surface area contributed by atoms with Gasteiger partial charge in [-0.2, -0.15) is 0 Å². The average molecular weight is 248 g/mol. The van der Waals surface area contributed by atoms with Crippen LogP contribution >= 0.6 is 12.2 Å². The summed E-state index contributed by atoms with van der Waals surface area (Å²) in [5.41, 5.74) is 2.58. The zero-order valence-electron chi connectivity index (χ0n) is 10.3. The molecular weight excluding hydrogens is 232 g/mol. The molecule has 1 unspecified atom stereocenters. The molecule has 2 aromatic rings. The molecule has 0 saturated heterocycles. The van der Waals surface area contributed by atoms with Crippen molar-refractivity contribution in [1.29, 1.82) is 0 Å². The fourth-order valence-electron chi connectivity index (χ4n) is 2.42. The van der Waals surface area contributed by atoms with E-state index in [2.05, 4.69) is 29.5 Å². The van der Waals surface area contributed by atoms with E-state index in [9.17, 15) is 0 Å². The van der Waals surface area contributed by atoms with Crippen molar-refractivity contribution >= 4 is 23.3 Å². The summed E-state index contributed by atoms with van der Waals surface area (Å²) in [6.45, 7) is 4.55. The number of methoxy groups -OCH3 is 1. The van der Waals surface area contributed by atoms with Gasteiger partial charge in [-0.1, -0.05) is 13.8 Å². The van der Waals surface area contributed by atoms with Crippen molar-refractivity contribution in [2.75, 3.05) is 7.11 Å². The third-order valence-electron chi connectivity index (χ3n) is 3.70. The molecule has 1 fully saturated rings. The zero-order valence-corrected chi connectivity index (χ0v) is 11.1. The number of imidazole rings is 1. The maximum Gasteiger partial charge on any atom is 0.178 e. The second kappa shape index (κ2) is 3.35. The van der Waals surface area contributed by atoms with E-state index < -0.39 is 0 Å². The Morgan fingerprint density at radius 1 is 1.47 bits per heavy atom. The van der Waals surface area contributed by atoms with Crippen molar-refractivity contribution in [3.05, 3.63) is 23.0 Å². The Labute approximate surface area is 105 Å². The van der Waals surface area contributed by atoms with Crippen molar-refractivity contribution in [2.45, 2.75) is 26.3 Å². The van der Waals surface area contributed by atoms with Gasteiger partial charge < -0.3 is 14.3 Å². The van der Waals surface area contributed by atoms with Gasteiger partial charge in [0.05, 0.1) is 18.1 Å². The van der Waals surface area contributed by atoms with Gasteiger partial charge in [0.25, 0.3) is 0 Å². The number of fused-ring (bicyclic) bond motifs is 1. The lowest BCUT2D eigenvalue weighted by molar-refractivity contribution is 0.415. The van der Waals surface area contributed by atoms with Crippen LogP contribution < -0.4 is 4.74 Å². The fourth-order valence-corrected chi connectivity index (χ4v) is 2.75. The first-order chi connectivity index (χ1) is 8.03. The van der Waals surface area contributed by atoms with E-state index in [0.29, 0.717) is 11.5 Å². The Hall–Kier alpha value is -1.29. The smallest absolute Gasteiger partial charge is 0.178 e. The number of ether oxygens (including phenoxy) is 1. The number of H-pyrrole nitrogens is 1. The van der Waals surface area contributed by atoms with E-state index in [1.165, 1.54) is 6.42 Å². The molecule has 90 valence electrons. The van der Waals surface area contributed by atoms with Crippen LogP contribution in [0.1, 0.15) is 26.3 Å². The van der Waals surface area contributed by atoms with Crippen molar-refractivity contribution < 1.29 is 4.74 Å². The van der Waals surface area contributed by atoms with Crippen LogP contribution in [0.5, 0.6) is 5.75 Å². The van der Waals surface area contributed by atoms with Crippen LogP contribution in [0.25, 0.3) is 11.0 Å². The summed E-state index contributed by atoms with van der Waals surface area (Å²) < 4.78 is 8.32. The Morgan fingerprint density at radius 3 is 2.76 bits per heavy atom. The van der Waals surface area contributed by atoms with Gasteiger partial charge in [-0.25, -0.2) is 0 Å². The minimum atomic E-state index is 0.358. The van der Waals surface area contributed by atoms with Crippen molar-refractivity contribution in [3.8, 4) is 5.75 Å². The maximum absolute atomic E-state index is 5.42. The minimum absolute atomic E-state index is 0.358. The van der Waals surface area contributed by atoms with E-state index in [-0.39, 0.29) is 0 Å². The van der Waals surface area contributed by atoms with Crippen LogP contribution in [0.4, 0.5) is 0 Å². The SMILES string of the molecule is COc1ccc2[nH]c(=S)n(C3CC3(C)C)c2c1. The lowest BCUT2D eigenvalue weighted by atomic mass is 10.2. The summed E-state index contributed by atoms with van der Waals surface area (Å²) in [5.74, 6) is 0.874. The van der Waals surface area contributed by atoms with Gasteiger partial charge in [0.15, 0.2) is 4.77 Å². The third-order valence-corrected chi connectivity index (χ3v) is 4.00. The highest BCUT2D eigenvalue weighted by Crippen LogP contribution is 2.56. The van der Waals surface area contributed by atoms with Gasteiger partial charge in [-0.3, -0.25) is 0 Å². The number of benzene rings is 1. The summed E-state index contributed by atoms with van der Waals surface area (Å²) in [7, 11) is 1.69. The lowest BCUT2D eigenvalue weighted by Crippen LogP contribution is -2.00. The van der Waals surface area contributed by atoms with Crippen LogP contribution in [-0.2, 0) is 0 Å². The molecule has 1 saturated carbocycles. The Morgan fingerprint density at radius 2 is 2.18 bits per heavy atom. The predicted molar refractivity (Wildman–Crippen MR) is 71.1 cm³/mol. The highest BCUT2D eigenvalue weighted by Gasteiger charge is 2.47. The van der Waals surface area contributed by atoms with Crippen LogP contribution in [0.3, 0.4) is 0 Å². The molecule has 0 bridgehead atoms. The third kappa shape index (κ3) is 1.59. The van der Waals surface area contributed by atoms with E-state index >= 15 is 0 Å². The summed E-state index contributed by atoms with van der Waals surface area (Å²) >= 11 is 5.42. The number of nitrogens with zero attached hydrogens (tertiary/aromatic N) is 1. The van der Waals surface area contributed by atoms with Gasteiger partial charge >= 0.3 is 0 Å². The topological polar surface area (TPSA) is 29.9 Å². The number of rotatable bonds is 2. The molecular formula is C13H16N2OS. The normalized spacial score (nSPS) is 21.7. The summed E-state index contributed by atoms with van der Waals surface area (Å²) in [6, 6.07) is 6.54. The summed E-state index contributed by atoms with van der Waals surface area (Å²) in [6.07, 6.45) is 1.19. The van der Waals surface area contributed by atoms with Crippen molar-refractivity contribution in [3.63, 3.8) is 0 Å². The Kier molecular flexibility index (Phi) is 2.14. The van der Waals surface area contributed by atoms with E-state index in [4.69, 9.17) is 17.0 Å². The molecule has 3 nitrogen and oxygen atoms in total. The largest absolute Gasteiger partial charge is 0.497 e. The zero-order chi connectivity index (χ0) is 12.2. The number of nitrogens with one attached hydrogen (secondary N) is 1. The fraction of sp³-hybridized carbons (Fsp3) is 0.462. The molecule has 0 amide bonds. The number of hydrogen-bond donors (Lipinski definition) is 1. The number of hydrogen-bond acceptors (Lipinski definition) is 2. The molecule has 0 radical (unpaired) electrons. The molecule has 1 atom stereocenters. The summed E-state index contributed by atoms with van der Waals surface area (Å²) in [5, 5.41) is 0. The van der Waals surface area contributed by atoms with Gasteiger partial charge in [0.2, 0.25) is 0 Å². The molecule has 3 rings (SSSR count). The van der Waals surface area contributed by atoms with Gasteiger partial charge in [-0.15, -0.1) is 0 Å². The second-order valence-corrected chi connectivity index (χ2v) is 5.78. The van der Waals surface area contributed by atoms with Crippen LogP contribution in [0.15, 0.2) is 18.2 Å². The van der Waals surface area contributed by atoms with E-state index in [1.54, 1.807) is 7.11 Å². The molecule has 17 heavy (non-hydrogen) atoms. The van der Waals surface area contributed by atoms with Gasteiger partial charge in [0, 0.05) is 12.1 Å². The first-order valence-corrected chi connectivity index (χ1v) is 6.22. The second-order valence-electron chi connectivity index (χ2n) is 5.39. The van der Waals surface area contributed by atoms with Gasteiger partial charge in [-0.05, 0) is 36.2 Å². The molecule has 1 N–H and O–H groups in total. The molecule has 1 aromatic carbocycles. The maximum atomic E-state index is 5.42. The standard InChI is InChI=1S/C13H16N2OS/c1-13(2)7-11(13)15-10-6-8(16-3)4-5-9(10)14-12(15)17/h4-6,11H,7H2,1-3H3,(H,14,17). The predicted octanol–water partition coefficient (Wildman–Crippen LogP) is 3.68. The molecule has 1 heterocycles. The molecule has 0 spiro atoms. The monoisotopic (exact) mass is 248 g/mol. The quantitative estimate of drug-likeness (QED) is 0.822.